The normalized spacial score (nSPS) is 23.6. The highest BCUT2D eigenvalue weighted by atomic mass is 19.1. The Morgan fingerprint density at radius 1 is 1.00 bits per heavy atom. The maximum atomic E-state index is 13.2. The van der Waals surface area contributed by atoms with Crippen molar-refractivity contribution < 1.29 is 18.7 Å². The van der Waals surface area contributed by atoms with Crippen molar-refractivity contribution >= 4 is 17.5 Å². The Labute approximate surface area is 188 Å². The van der Waals surface area contributed by atoms with E-state index in [2.05, 4.69) is 27.7 Å². The molecule has 0 spiro atoms. The number of carbonyl (C=O) groups excluding carboxylic acids is 2. The molecule has 2 aromatic carbocycles. The van der Waals surface area contributed by atoms with E-state index in [4.69, 9.17) is 4.74 Å². The van der Waals surface area contributed by atoms with Gasteiger partial charge in [-0.3, -0.25) is 14.5 Å². The number of amides is 2. The second-order valence-electron chi connectivity index (χ2n) is 8.69. The van der Waals surface area contributed by atoms with Crippen LogP contribution in [0.5, 0.6) is 0 Å². The van der Waals surface area contributed by atoms with Gasteiger partial charge in [-0.1, -0.05) is 30.3 Å². The molecule has 2 fully saturated rings. The zero-order chi connectivity index (χ0) is 22.3. The van der Waals surface area contributed by atoms with Gasteiger partial charge in [0.25, 0.3) is 0 Å². The minimum absolute atomic E-state index is 0.0298. The highest BCUT2D eigenvalue weighted by Gasteiger charge is 2.35. The largest absolute Gasteiger partial charge is 0.376 e. The molecule has 4 rings (SSSR count). The van der Waals surface area contributed by atoms with Gasteiger partial charge < -0.3 is 15.4 Å². The zero-order valence-corrected chi connectivity index (χ0v) is 18.1. The van der Waals surface area contributed by atoms with Gasteiger partial charge in [0.05, 0.1) is 17.9 Å². The van der Waals surface area contributed by atoms with E-state index >= 15 is 0 Å². The van der Waals surface area contributed by atoms with E-state index in [1.165, 1.54) is 12.1 Å². The quantitative estimate of drug-likeness (QED) is 0.695. The minimum atomic E-state index is -0.349. The molecular formula is C25H30FN3O3. The van der Waals surface area contributed by atoms with Crippen molar-refractivity contribution in [3.8, 4) is 0 Å². The van der Waals surface area contributed by atoms with E-state index in [1.54, 1.807) is 12.1 Å². The Morgan fingerprint density at radius 3 is 2.41 bits per heavy atom. The van der Waals surface area contributed by atoms with Gasteiger partial charge in [-0.2, -0.15) is 0 Å². The van der Waals surface area contributed by atoms with Crippen LogP contribution in [-0.4, -0.2) is 49.1 Å². The van der Waals surface area contributed by atoms with Gasteiger partial charge in [0.2, 0.25) is 11.8 Å². The maximum Gasteiger partial charge on any atom is 0.228 e. The number of benzene rings is 2. The molecule has 170 valence electrons. The summed E-state index contributed by atoms with van der Waals surface area (Å²) in [6.45, 7) is 3.11. The number of halogens is 1. The molecule has 2 amide bonds. The molecule has 0 saturated carbocycles. The van der Waals surface area contributed by atoms with Crippen molar-refractivity contribution in [1.82, 2.24) is 10.2 Å². The van der Waals surface area contributed by atoms with Crippen LogP contribution in [0.3, 0.4) is 0 Å². The third kappa shape index (κ3) is 6.14. The molecule has 6 nitrogen and oxygen atoms in total. The number of likely N-dealkylation sites (tertiary alicyclic amines) is 1. The van der Waals surface area contributed by atoms with Crippen LogP contribution in [0.25, 0.3) is 0 Å². The molecular weight excluding hydrogens is 409 g/mol. The molecule has 1 unspecified atom stereocenters. The zero-order valence-electron chi connectivity index (χ0n) is 18.1. The summed E-state index contributed by atoms with van der Waals surface area (Å²) < 4.78 is 18.8. The van der Waals surface area contributed by atoms with Crippen LogP contribution in [0.15, 0.2) is 54.6 Å². The van der Waals surface area contributed by atoms with Gasteiger partial charge in [-0.25, -0.2) is 4.39 Å². The monoisotopic (exact) mass is 439 g/mol. The molecule has 0 radical (unpaired) electrons. The number of nitrogens with zero attached hydrogens (tertiary/aromatic N) is 1. The molecule has 0 aromatic heterocycles. The fourth-order valence-corrected chi connectivity index (χ4v) is 4.48. The molecule has 32 heavy (non-hydrogen) atoms. The molecule has 2 heterocycles. The van der Waals surface area contributed by atoms with E-state index in [9.17, 15) is 14.0 Å². The first-order valence-electron chi connectivity index (χ1n) is 11.3. The average Bonchev–Trinajstić information content (AvgIpc) is 3.33. The highest BCUT2D eigenvalue weighted by molar-refractivity contribution is 5.93. The van der Waals surface area contributed by atoms with Crippen molar-refractivity contribution in [2.45, 2.75) is 31.9 Å². The Balaban J connectivity index is 1.42. The van der Waals surface area contributed by atoms with E-state index < -0.39 is 0 Å². The topological polar surface area (TPSA) is 70.7 Å². The van der Waals surface area contributed by atoms with Crippen LogP contribution >= 0.6 is 0 Å². The van der Waals surface area contributed by atoms with E-state index in [-0.39, 0.29) is 35.6 Å². The van der Waals surface area contributed by atoms with Gasteiger partial charge in [0.1, 0.15) is 5.82 Å². The second-order valence-corrected chi connectivity index (χ2v) is 8.69. The lowest BCUT2D eigenvalue weighted by atomic mass is 9.87. The van der Waals surface area contributed by atoms with Crippen molar-refractivity contribution in [3.05, 3.63) is 66.0 Å². The van der Waals surface area contributed by atoms with Crippen LogP contribution in [0.1, 0.15) is 24.8 Å². The summed E-state index contributed by atoms with van der Waals surface area (Å²) in [7, 11) is 0. The summed E-state index contributed by atoms with van der Waals surface area (Å²) >= 11 is 0. The van der Waals surface area contributed by atoms with Gasteiger partial charge in [-0.05, 0) is 49.1 Å². The van der Waals surface area contributed by atoms with E-state index in [0.29, 0.717) is 38.3 Å². The summed E-state index contributed by atoms with van der Waals surface area (Å²) in [6.07, 6.45) is 2.56. The van der Waals surface area contributed by atoms with Gasteiger partial charge in [0, 0.05) is 38.5 Å². The summed E-state index contributed by atoms with van der Waals surface area (Å²) in [5.41, 5.74) is 1.70. The number of rotatable bonds is 7. The van der Waals surface area contributed by atoms with Crippen molar-refractivity contribution in [1.29, 1.82) is 0 Å². The molecule has 2 aliphatic rings. The third-order valence-corrected chi connectivity index (χ3v) is 6.16. The van der Waals surface area contributed by atoms with Crippen LogP contribution in [0.4, 0.5) is 10.1 Å². The SMILES string of the molecule is O=C(NCC1CCCO1)[C@H]1C[C@@H](C(=O)Nc2ccc(F)cc2)CN(Cc2ccccc2)C1. The van der Waals surface area contributed by atoms with Crippen LogP contribution in [-0.2, 0) is 20.9 Å². The standard InChI is InChI=1S/C25H30FN3O3/c26-21-8-10-22(11-9-21)28-25(31)20-13-19(24(30)27-14-23-7-4-12-32-23)16-29(17-20)15-18-5-2-1-3-6-18/h1-3,5-6,8-11,19-20,23H,4,7,12-17H2,(H,27,30)(H,28,31)/t19-,20+,23?/m0/s1. The number of hydrogen-bond donors (Lipinski definition) is 2. The molecule has 7 heteroatoms. The third-order valence-electron chi connectivity index (χ3n) is 6.16. The van der Waals surface area contributed by atoms with Crippen molar-refractivity contribution in [3.63, 3.8) is 0 Å². The predicted octanol–water partition coefficient (Wildman–Crippen LogP) is 3.20. The fraction of sp³-hybridized carbons (Fsp3) is 0.440. The Bertz CT molecular complexity index is 900. The fourth-order valence-electron chi connectivity index (χ4n) is 4.48. The summed E-state index contributed by atoms with van der Waals surface area (Å²) in [6, 6.07) is 15.8. The summed E-state index contributed by atoms with van der Waals surface area (Å²) in [5.74, 6) is -1.14. The number of nitrogens with one attached hydrogen (secondary N) is 2. The number of anilines is 1. The maximum absolute atomic E-state index is 13.2. The van der Waals surface area contributed by atoms with Gasteiger partial charge in [0.15, 0.2) is 0 Å². The Hall–Kier alpha value is -2.77. The first-order valence-corrected chi connectivity index (χ1v) is 11.3. The molecule has 2 saturated heterocycles. The van der Waals surface area contributed by atoms with E-state index in [1.807, 2.05) is 18.2 Å². The summed E-state index contributed by atoms with van der Waals surface area (Å²) in [5, 5.41) is 5.91. The van der Waals surface area contributed by atoms with E-state index in [0.717, 1.165) is 25.0 Å². The molecule has 2 aliphatic heterocycles. The number of carbonyl (C=O) groups is 2. The number of piperidine rings is 1. The van der Waals surface area contributed by atoms with Gasteiger partial charge >= 0.3 is 0 Å². The van der Waals surface area contributed by atoms with Gasteiger partial charge in [-0.15, -0.1) is 0 Å². The summed E-state index contributed by atoms with van der Waals surface area (Å²) in [4.78, 5) is 28.1. The first kappa shape index (κ1) is 22.4. The van der Waals surface area contributed by atoms with Crippen molar-refractivity contribution in [2.75, 3.05) is 31.6 Å². The van der Waals surface area contributed by atoms with Crippen LogP contribution in [0, 0.1) is 17.7 Å². The Kier molecular flexibility index (Phi) is 7.50. The minimum Gasteiger partial charge on any atom is -0.376 e. The predicted molar refractivity (Wildman–Crippen MR) is 120 cm³/mol. The first-order chi connectivity index (χ1) is 15.6. The lowest BCUT2D eigenvalue weighted by molar-refractivity contribution is -0.130. The van der Waals surface area contributed by atoms with Crippen molar-refractivity contribution in [2.24, 2.45) is 11.8 Å². The second kappa shape index (κ2) is 10.7. The number of hydrogen-bond acceptors (Lipinski definition) is 4. The molecule has 3 atom stereocenters. The average molecular weight is 440 g/mol. The lowest BCUT2D eigenvalue weighted by Crippen LogP contribution is -2.49. The van der Waals surface area contributed by atoms with Crippen LogP contribution < -0.4 is 10.6 Å². The molecule has 0 bridgehead atoms. The lowest BCUT2D eigenvalue weighted by Gasteiger charge is -2.36. The van der Waals surface area contributed by atoms with Crippen LogP contribution in [0.2, 0.25) is 0 Å². The highest BCUT2D eigenvalue weighted by Crippen LogP contribution is 2.25. The molecule has 2 N–H and O–H groups in total. The number of ether oxygens (including phenoxy) is 1. The molecule has 0 aliphatic carbocycles. The Morgan fingerprint density at radius 2 is 1.72 bits per heavy atom. The smallest absolute Gasteiger partial charge is 0.228 e. The molecule has 2 aromatic rings.